The van der Waals surface area contributed by atoms with E-state index in [0.717, 1.165) is 6.07 Å². The molecule has 0 bridgehead atoms. The van der Waals surface area contributed by atoms with Gasteiger partial charge in [0.25, 0.3) is 0 Å². The standard InChI is InChI=1S/C13H18F3NO2/c1-12(18,7-8-19-2)9-17-11-6-4-3-5-10(11)13(14,15)16/h3-6,17-18H,7-9H2,1-2H3. The fourth-order valence-corrected chi connectivity index (χ4v) is 1.58. The van der Waals surface area contributed by atoms with E-state index in [1.54, 1.807) is 6.92 Å². The van der Waals surface area contributed by atoms with Crippen LogP contribution in [0.25, 0.3) is 0 Å². The summed E-state index contributed by atoms with van der Waals surface area (Å²) < 4.78 is 43.1. The zero-order valence-electron chi connectivity index (χ0n) is 10.9. The van der Waals surface area contributed by atoms with Crippen molar-refractivity contribution in [1.82, 2.24) is 0 Å². The van der Waals surface area contributed by atoms with Gasteiger partial charge in [0.1, 0.15) is 0 Å². The number of benzene rings is 1. The molecular weight excluding hydrogens is 259 g/mol. The predicted molar refractivity (Wildman–Crippen MR) is 67.1 cm³/mol. The molecule has 0 spiro atoms. The van der Waals surface area contributed by atoms with Gasteiger partial charge in [0, 0.05) is 32.4 Å². The number of hydrogen-bond donors (Lipinski definition) is 2. The van der Waals surface area contributed by atoms with Crippen molar-refractivity contribution in [3.63, 3.8) is 0 Å². The molecule has 0 saturated heterocycles. The highest BCUT2D eigenvalue weighted by Crippen LogP contribution is 2.34. The maximum absolute atomic E-state index is 12.7. The summed E-state index contributed by atoms with van der Waals surface area (Å²) in [7, 11) is 1.50. The lowest BCUT2D eigenvalue weighted by atomic mass is 10.0. The van der Waals surface area contributed by atoms with Gasteiger partial charge in [-0.05, 0) is 19.1 Å². The Hall–Kier alpha value is -1.27. The Kier molecular flexibility index (Phi) is 5.20. The van der Waals surface area contributed by atoms with Gasteiger partial charge in [-0.25, -0.2) is 0 Å². The number of para-hydroxylation sites is 1. The van der Waals surface area contributed by atoms with E-state index in [2.05, 4.69) is 5.32 Å². The smallest absolute Gasteiger partial charge is 0.388 e. The molecule has 0 heterocycles. The van der Waals surface area contributed by atoms with E-state index in [4.69, 9.17) is 4.74 Å². The highest BCUT2D eigenvalue weighted by atomic mass is 19.4. The lowest BCUT2D eigenvalue weighted by Gasteiger charge is -2.25. The summed E-state index contributed by atoms with van der Waals surface area (Å²) in [5.41, 5.74) is -1.90. The van der Waals surface area contributed by atoms with Crippen molar-refractivity contribution in [1.29, 1.82) is 0 Å². The van der Waals surface area contributed by atoms with Gasteiger partial charge in [-0.15, -0.1) is 0 Å². The first-order chi connectivity index (χ1) is 8.76. The largest absolute Gasteiger partial charge is 0.418 e. The highest BCUT2D eigenvalue weighted by molar-refractivity contribution is 5.52. The molecule has 1 atom stereocenters. The minimum atomic E-state index is -4.41. The van der Waals surface area contributed by atoms with Crippen LogP contribution in [0.3, 0.4) is 0 Å². The van der Waals surface area contributed by atoms with E-state index >= 15 is 0 Å². The van der Waals surface area contributed by atoms with E-state index < -0.39 is 17.3 Å². The highest BCUT2D eigenvalue weighted by Gasteiger charge is 2.33. The molecule has 6 heteroatoms. The van der Waals surface area contributed by atoms with E-state index in [0.29, 0.717) is 13.0 Å². The Balaban J connectivity index is 2.73. The number of anilines is 1. The zero-order chi connectivity index (χ0) is 14.5. The van der Waals surface area contributed by atoms with Gasteiger partial charge in [0.15, 0.2) is 0 Å². The predicted octanol–water partition coefficient (Wildman–Crippen LogP) is 2.90. The third-order valence-electron chi connectivity index (χ3n) is 2.74. The molecule has 1 rings (SSSR count). The van der Waals surface area contributed by atoms with Crippen molar-refractivity contribution < 1.29 is 23.0 Å². The second-order valence-electron chi connectivity index (χ2n) is 4.64. The Morgan fingerprint density at radius 3 is 2.47 bits per heavy atom. The Bertz CT molecular complexity index is 405. The number of ether oxygens (including phenoxy) is 1. The van der Waals surface area contributed by atoms with Gasteiger partial charge in [-0.3, -0.25) is 0 Å². The topological polar surface area (TPSA) is 41.5 Å². The van der Waals surface area contributed by atoms with Crippen LogP contribution in [0.5, 0.6) is 0 Å². The first-order valence-corrected chi connectivity index (χ1v) is 5.88. The average Bonchev–Trinajstić information content (AvgIpc) is 2.33. The average molecular weight is 277 g/mol. The van der Waals surface area contributed by atoms with Crippen LogP contribution in [-0.4, -0.2) is 31.0 Å². The maximum Gasteiger partial charge on any atom is 0.418 e. The van der Waals surface area contributed by atoms with E-state index in [9.17, 15) is 18.3 Å². The number of methoxy groups -OCH3 is 1. The summed E-state index contributed by atoms with van der Waals surface area (Å²) >= 11 is 0. The van der Waals surface area contributed by atoms with E-state index in [1.165, 1.54) is 25.3 Å². The summed E-state index contributed by atoms with van der Waals surface area (Å²) in [4.78, 5) is 0. The third kappa shape index (κ3) is 5.08. The number of aliphatic hydroxyl groups is 1. The van der Waals surface area contributed by atoms with Crippen LogP contribution in [0, 0.1) is 0 Å². The minimum absolute atomic E-state index is 0.0173. The number of halogens is 3. The van der Waals surface area contributed by atoms with Crippen LogP contribution in [0.15, 0.2) is 24.3 Å². The summed E-state index contributed by atoms with van der Waals surface area (Å²) in [5, 5.41) is 12.6. The third-order valence-corrected chi connectivity index (χ3v) is 2.74. The van der Waals surface area contributed by atoms with Crippen LogP contribution in [-0.2, 0) is 10.9 Å². The molecule has 0 amide bonds. The number of nitrogens with one attached hydrogen (secondary N) is 1. The molecule has 0 fully saturated rings. The summed E-state index contributed by atoms with van der Waals surface area (Å²) in [5.74, 6) is 0. The van der Waals surface area contributed by atoms with Crippen molar-refractivity contribution in [3.8, 4) is 0 Å². The number of alkyl halides is 3. The molecular formula is C13H18F3NO2. The molecule has 0 aliphatic carbocycles. The lowest BCUT2D eigenvalue weighted by Crippen LogP contribution is -2.35. The molecule has 1 aromatic rings. The molecule has 0 aliphatic rings. The van der Waals surface area contributed by atoms with Crippen LogP contribution >= 0.6 is 0 Å². The molecule has 2 N–H and O–H groups in total. The van der Waals surface area contributed by atoms with Crippen molar-refractivity contribution >= 4 is 5.69 Å². The first kappa shape index (κ1) is 15.8. The SMILES string of the molecule is COCCC(C)(O)CNc1ccccc1C(F)(F)F. The molecule has 0 saturated carbocycles. The van der Waals surface area contributed by atoms with Crippen LogP contribution < -0.4 is 5.32 Å². The molecule has 0 aliphatic heterocycles. The van der Waals surface area contributed by atoms with Gasteiger partial charge in [0.2, 0.25) is 0 Å². The first-order valence-electron chi connectivity index (χ1n) is 5.88. The van der Waals surface area contributed by atoms with Crippen LogP contribution in [0.2, 0.25) is 0 Å². The molecule has 1 aromatic carbocycles. The lowest BCUT2D eigenvalue weighted by molar-refractivity contribution is -0.137. The molecule has 3 nitrogen and oxygen atoms in total. The van der Waals surface area contributed by atoms with Gasteiger partial charge >= 0.3 is 6.18 Å². The second kappa shape index (κ2) is 6.25. The molecule has 1 unspecified atom stereocenters. The fraction of sp³-hybridized carbons (Fsp3) is 0.538. The molecule has 0 aromatic heterocycles. The zero-order valence-corrected chi connectivity index (χ0v) is 10.9. The van der Waals surface area contributed by atoms with Gasteiger partial charge < -0.3 is 15.2 Å². The molecule has 19 heavy (non-hydrogen) atoms. The Labute approximate surface area is 110 Å². The number of rotatable bonds is 6. The molecule has 108 valence electrons. The Morgan fingerprint density at radius 2 is 1.89 bits per heavy atom. The maximum atomic E-state index is 12.7. The second-order valence-corrected chi connectivity index (χ2v) is 4.64. The van der Waals surface area contributed by atoms with Gasteiger partial charge in [-0.1, -0.05) is 12.1 Å². The monoisotopic (exact) mass is 277 g/mol. The normalized spacial score (nSPS) is 15.1. The van der Waals surface area contributed by atoms with E-state index in [1.807, 2.05) is 0 Å². The number of hydrogen-bond acceptors (Lipinski definition) is 3. The van der Waals surface area contributed by atoms with Crippen molar-refractivity contribution in [2.24, 2.45) is 0 Å². The van der Waals surface area contributed by atoms with Crippen LogP contribution in [0.1, 0.15) is 18.9 Å². The van der Waals surface area contributed by atoms with Gasteiger partial charge in [0.05, 0.1) is 11.2 Å². The fourth-order valence-electron chi connectivity index (χ4n) is 1.58. The molecule has 0 radical (unpaired) electrons. The van der Waals surface area contributed by atoms with Crippen molar-refractivity contribution in [3.05, 3.63) is 29.8 Å². The van der Waals surface area contributed by atoms with Crippen molar-refractivity contribution in [2.75, 3.05) is 25.6 Å². The minimum Gasteiger partial charge on any atom is -0.388 e. The summed E-state index contributed by atoms with van der Waals surface area (Å²) in [6.07, 6.45) is -4.08. The summed E-state index contributed by atoms with van der Waals surface area (Å²) in [6.45, 7) is 1.91. The Morgan fingerprint density at radius 1 is 1.26 bits per heavy atom. The summed E-state index contributed by atoms with van der Waals surface area (Å²) in [6, 6.07) is 5.19. The van der Waals surface area contributed by atoms with Crippen LogP contribution in [0.4, 0.5) is 18.9 Å². The van der Waals surface area contributed by atoms with Gasteiger partial charge in [-0.2, -0.15) is 13.2 Å². The quantitative estimate of drug-likeness (QED) is 0.840. The van der Waals surface area contributed by atoms with E-state index in [-0.39, 0.29) is 12.2 Å². The van der Waals surface area contributed by atoms with Crippen molar-refractivity contribution in [2.45, 2.75) is 25.1 Å².